The third-order valence-electron chi connectivity index (χ3n) is 6.88. The summed E-state index contributed by atoms with van der Waals surface area (Å²) in [6.45, 7) is 3.22. The maximum absolute atomic E-state index is 14.0. The number of anilines is 1. The number of hydrogen-bond donors (Lipinski definition) is 0. The van der Waals surface area contributed by atoms with Crippen molar-refractivity contribution < 1.29 is 18.7 Å². The average Bonchev–Trinajstić information content (AvgIpc) is 2.83. The smallest absolute Gasteiger partial charge is 0.242 e. The monoisotopic (exact) mass is 497 g/mol. The van der Waals surface area contributed by atoms with Gasteiger partial charge in [0, 0.05) is 48.8 Å². The Morgan fingerprint density at radius 3 is 2.71 bits per heavy atom. The van der Waals surface area contributed by atoms with E-state index in [-0.39, 0.29) is 19.1 Å². The van der Waals surface area contributed by atoms with Crippen molar-refractivity contribution in [1.29, 1.82) is 0 Å². The zero-order valence-corrected chi connectivity index (χ0v) is 20.2. The number of nitrogens with zero attached hydrogens (tertiary/aromatic N) is 3. The Hall–Kier alpha value is -2.90. The number of hydrogen-bond acceptors (Lipinski definition) is 5. The van der Waals surface area contributed by atoms with E-state index in [4.69, 9.17) is 21.1 Å². The number of pyridine rings is 1. The van der Waals surface area contributed by atoms with Crippen LogP contribution >= 0.6 is 11.6 Å². The van der Waals surface area contributed by atoms with Gasteiger partial charge in [0.2, 0.25) is 11.8 Å². The molecule has 6 nitrogen and oxygen atoms in total. The van der Waals surface area contributed by atoms with Crippen molar-refractivity contribution >= 4 is 23.3 Å². The largest absolute Gasteiger partial charge is 0.473 e. The van der Waals surface area contributed by atoms with Gasteiger partial charge < -0.3 is 19.3 Å². The van der Waals surface area contributed by atoms with Crippen molar-refractivity contribution in [2.45, 2.75) is 25.6 Å². The van der Waals surface area contributed by atoms with Gasteiger partial charge in [0.05, 0.1) is 12.6 Å². The van der Waals surface area contributed by atoms with Gasteiger partial charge in [-0.05, 0) is 37.0 Å². The Kier molecular flexibility index (Phi) is 7.35. The summed E-state index contributed by atoms with van der Waals surface area (Å²) in [5.41, 5.74) is 0.402. The van der Waals surface area contributed by atoms with Crippen molar-refractivity contribution in [2.75, 3.05) is 37.7 Å². The number of amides is 1. The van der Waals surface area contributed by atoms with Crippen molar-refractivity contribution in [3.05, 3.63) is 77.1 Å². The zero-order chi connectivity index (χ0) is 24.2. The van der Waals surface area contributed by atoms with Crippen LogP contribution < -0.4 is 9.64 Å². The highest BCUT2D eigenvalue weighted by Gasteiger charge is 2.31. The standard InChI is InChI=1S/C27H29ClFN3O3/c28-22-9-8-21(24(29)15-22)18-35-26-7-3-6-25(30-26)31-11-12-32(27(33)17-31)16-20-5-2-1-4-19(20)14-23-10-13-34-23/h1-9,15,19-20,23H,10-14,16-18H2/t19?,20-,23?/m1/s1. The van der Waals surface area contributed by atoms with Crippen LogP contribution in [0.5, 0.6) is 5.88 Å². The van der Waals surface area contributed by atoms with E-state index in [1.165, 1.54) is 6.07 Å². The number of allylic oxidation sites excluding steroid dienone is 3. The van der Waals surface area contributed by atoms with Gasteiger partial charge in [-0.2, -0.15) is 4.98 Å². The average molecular weight is 498 g/mol. The first-order chi connectivity index (χ1) is 17.0. The number of rotatable bonds is 8. The van der Waals surface area contributed by atoms with E-state index in [1.54, 1.807) is 18.2 Å². The molecule has 2 unspecified atom stereocenters. The molecule has 8 heteroatoms. The van der Waals surface area contributed by atoms with E-state index in [0.29, 0.717) is 59.9 Å². The molecule has 3 heterocycles. The van der Waals surface area contributed by atoms with E-state index < -0.39 is 5.82 Å². The van der Waals surface area contributed by atoms with Crippen molar-refractivity contribution in [2.24, 2.45) is 11.8 Å². The fourth-order valence-corrected chi connectivity index (χ4v) is 4.88. The fraction of sp³-hybridized carbons (Fsp3) is 0.407. The minimum absolute atomic E-state index is 0.0442. The van der Waals surface area contributed by atoms with Gasteiger partial charge in [-0.15, -0.1) is 0 Å². The summed E-state index contributed by atoms with van der Waals surface area (Å²) >= 11 is 5.81. The first-order valence-electron chi connectivity index (χ1n) is 12.1. The normalized spacial score (nSPS) is 23.9. The predicted molar refractivity (Wildman–Crippen MR) is 133 cm³/mol. The molecule has 184 valence electrons. The molecular weight excluding hydrogens is 469 g/mol. The molecule has 0 bridgehead atoms. The molecule has 0 saturated carbocycles. The molecule has 2 aromatic rings. The van der Waals surface area contributed by atoms with E-state index in [9.17, 15) is 9.18 Å². The third-order valence-corrected chi connectivity index (χ3v) is 7.11. The van der Waals surface area contributed by atoms with E-state index in [0.717, 1.165) is 19.4 Å². The topological polar surface area (TPSA) is 54.9 Å². The lowest BCUT2D eigenvalue weighted by molar-refractivity contribution is -0.131. The lowest BCUT2D eigenvalue weighted by atomic mass is 9.82. The maximum atomic E-state index is 14.0. The SMILES string of the molecule is O=C1CN(c2cccc(OCc3ccc(Cl)cc3F)n2)CCN1C[C@H]1C=CC=CC1CC1CCO1. The summed E-state index contributed by atoms with van der Waals surface area (Å²) in [5, 5.41) is 0.342. The van der Waals surface area contributed by atoms with Gasteiger partial charge in [0.25, 0.3) is 0 Å². The maximum Gasteiger partial charge on any atom is 0.242 e. The number of carbonyl (C=O) groups is 1. The summed E-state index contributed by atoms with van der Waals surface area (Å²) in [4.78, 5) is 21.5. The number of piperazine rings is 1. The Balaban J connectivity index is 1.16. The molecule has 0 radical (unpaired) electrons. The van der Waals surface area contributed by atoms with E-state index >= 15 is 0 Å². The highest BCUT2D eigenvalue weighted by molar-refractivity contribution is 6.30. The molecular formula is C27H29ClFN3O3. The van der Waals surface area contributed by atoms with E-state index in [2.05, 4.69) is 29.3 Å². The van der Waals surface area contributed by atoms with Crippen LogP contribution in [0.1, 0.15) is 18.4 Å². The third kappa shape index (κ3) is 5.85. The number of benzene rings is 1. The molecule has 1 amide bonds. The molecule has 5 rings (SSSR count). The van der Waals surface area contributed by atoms with Gasteiger partial charge in [-0.25, -0.2) is 4.39 Å². The molecule has 0 spiro atoms. The van der Waals surface area contributed by atoms with Crippen LogP contribution in [0.25, 0.3) is 0 Å². The first kappa shape index (κ1) is 23.8. The van der Waals surface area contributed by atoms with Crippen LogP contribution in [0.3, 0.4) is 0 Å². The summed E-state index contributed by atoms with van der Waals surface area (Å²) in [7, 11) is 0. The van der Waals surface area contributed by atoms with Crippen molar-refractivity contribution in [3.8, 4) is 5.88 Å². The van der Waals surface area contributed by atoms with Crippen LogP contribution in [0.4, 0.5) is 10.2 Å². The van der Waals surface area contributed by atoms with Gasteiger partial charge >= 0.3 is 0 Å². The molecule has 3 atom stereocenters. The van der Waals surface area contributed by atoms with Crippen LogP contribution in [-0.4, -0.2) is 54.7 Å². The summed E-state index contributed by atoms with van der Waals surface area (Å²) in [6.07, 6.45) is 11.1. The second-order valence-electron chi connectivity index (χ2n) is 9.23. The van der Waals surface area contributed by atoms with Crippen LogP contribution in [-0.2, 0) is 16.1 Å². The molecule has 2 saturated heterocycles. The minimum Gasteiger partial charge on any atom is -0.473 e. The predicted octanol–water partition coefficient (Wildman–Crippen LogP) is 4.64. The highest BCUT2D eigenvalue weighted by Crippen LogP contribution is 2.30. The van der Waals surface area contributed by atoms with Gasteiger partial charge in [0.15, 0.2) is 0 Å². The molecule has 35 heavy (non-hydrogen) atoms. The Labute approximate surface area is 210 Å². The summed E-state index contributed by atoms with van der Waals surface area (Å²) < 4.78 is 25.4. The Morgan fingerprint density at radius 1 is 1.14 bits per heavy atom. The lowest BCUT2D eigenvalue weighted by Crippen LogP contribution is -2.52. The Morgan fingerprint density at radius 2 is 1.97 bits per heavy atom. The minimum atomic E-state index is -0.416. The van der Waals surface area contributed by atoms with Crippen LogP contribution in [0.15, 0.2) is 60.7 Å². The van der Waals surface area contributed by atoms with E-state index in [1.807, 2.05) is 21.9 Å². The van der Waals surface area contributed by atoms with Crippen LogP contribution in [0.2, 0.25) is 5.02 Å². The molecule has 1 aromatic carbocycles. The van der Waals surface area contributed by atoms with Crippen molar-refractivity contribution in [1.82, 2.24) is 9.88 Å². The molecule has 2 aliphatic heterocycles. The second-order valence-corrected chi connectivity index (χ2v) is 9.67. The molecule has 0 N–H and O–H groups in total. The fourth-order valence-electron chi connectivity index (χ4n) is 4.73. The molecule has 1 aromatic heterocycles. The van der Waals surface area contributed by atoms with Gasteiger partial charge in [0.1, 0.15) is 18.2 Å². The summed E-state index contributed by atoms with van der Waals surface area (Å²) in [5.74, 6) is 1.44. The summed E-state index contributed by atoms with van der Waals surface area (Å²) in [6, 6.07) is 9.91. The quantitative estimate of drug-likeness (QED) is 0.532. The lowest BCUT2D eigenvalue weighted by Gasteiger charge is -2.39. The highest BCUT2D eigenvalue weighted by atomic mass is 35.5. The molecule has 3 aliphatic rings. The molecule has 2 fully saturated rings. The molecule has 1 aliphatic carbocycles. The number of halogens is 2. The van der Waals surface area contributed by atoms with Crippen molar-refractivity contribution in [3.63, 3.8) is 0 Å². The van der Waals surface area contributed by atoms with Crippen LogP contribution in [0, 0.1) is 17.7 Å². The second kappa shape index (κ2) is 10.8. The van der Waals surface area contributed by atoms with Gasteiger partial charge in [-0.3, -0.25) is 4.79 Å². The number of carbonyl (C=O) groups excluding carboxylic acids is 1. The number of aromatic nitrogens is 1. The zero-order valence-electron chi connectivity index (χ0n) is 19.5. The Bertz CT molecular complexity index is 1120. The van der Waals surface area contributed by atoms with Gasteiger partial charge in [-0.1, -0.05) is 48.0 Å². The number of ether oxygens (including phenoxy) is 2. The first-order valence-corrected chi connectivity index (χ1v) is 12.5.